The molecule has 0 aliphatic carbocycles. The van der Waals surface area contributed by atoms with Crippen LogP contribution in [0.4, 0.5) is 5.69 Å². The molecular formula is C13H14BrN3O2S. The van der Waals surface area contributed by atoms with E-state index in [-0.39, 0.29) is 16.1 Å². The molecule has 106 valence electrons. The van der Waals surface area contributed by atoms with Gasteiger partial charge in [0.2, 0.25) is 0 Å². The first kappa shape index (κ1) is 15.1. The summed E-state index contributed by atoms with van der Waals surface area (Å²) >= 11 is 4.89. The largest absolute Gasteiger partial charge is 0.302 e. The van der Waals surface area contributed by atoms with Gasteiger partial charge in [0, 0.05) is 24.2 Å². The van der Waals surface area contributed by atoms with E-state index >= 15 is 0 Å². The molecular weight excluding hydrogens is 342 g/mol. The first-order chi connectivity index (χ1) is 9.42. The molecule has 0 aliphatic heterocycles. The van der Waals surface area contributed by atoms with Gasteiger partial charge >= 0.3 is 0 Å². The molecule has 2 aromatic rings. The summed E-state index contributed by atoms with van der Waals surface area (Å²) in [5.41, 5.74) is 0.651. The summed E-state index contributed by atoms with van der Waals surface area (Å²) in [5, 5.41) is 17.2. The van der Waals surface area contributed by atoms with Crippen LogP contribution in [0.15, 0.2) is 34.2 Å². The van der Waals surface area contributed by atoms with Crippen molar-refractivity contribution in [3.8, 4) is 0 Å². The molecule has 0 spiro atoms. The van der Waals surface area contributed by atoms with Gasteiger partial charge in [-0.25, -0.2) is 4.98 Å². The lowest BCUT2D eigenvalue weighted by Crippen LogP contribution is -2.35. The molecule has 7 heteroatoms. The molecule has 1 heterocycles. The van der Waals surface area contributed by atoms with Crippen molar-refractivity contribution in [2.75, 3.05) is 0 Å². The normalized spacial score (nSPS) is 11.6. The number of aromatic nitrogens is 1. The molecule has 0 aliphatic rings. The fourth-order valence-electron chi connectivity index (χ4n) is 1.77. The Morgan fingerprint density at radius 1 is 1.50 bits per heavy atom. The highest BCUT2D eigenvalue weighted by Crippen LogP contribution is 2.29. The van der Waals surface area contributed by atoms with Gasteiger partial charge in [-0.05, 0) is 35.3 Å². The maximum atomic E-state index is 10.9. The van der Waals surface area contributed by atoms with Gasteiger partial charge in [0.1, 0.15) is 5.01 Å². The van der Waals surface area contributed by atoms with Crippen LogP contribution in [0.5, 0.6) is 0 Å². The number of nitrogens with one attached hydrogen (secondary N) is 1. The minimum Gasteiger partial charge on any atom is -0.302 e. The van der Waals surface area contributed by atoms with Gasteiger partial charge in [0.25, 0.3) is 5.69 Å². The standard InChI is InChI=1S/C13H14BrN3O2S/c1-13(2,12-15-6-7-20-12)16-8-9-4-3-5-10(11(9)14)17(18)19/h3-7,16H,8H2,1-2H3. The lowest BCUT2D eigenvalue weighted by atomic mass is 10.1. The van der Waals surface area contributed by atoms with E-state index in [4.69, 9.17) is 0 Å². The number of nitro benzene ring substituents is 1. The lowest BCUT2D eigenvalue weighted by molar-refractivity contribution is -0.385. The summed E-state index contributed by atoms with van der Waals surface area (Å²) in [4.78, 5) is 14.8. The van der Waals surface area contributed by atoms with E-state index in [2.05, 4.69) is 26.2 Å². The minimum absolute atomic E-state index is 0.0800. The van der Waals surface area contributed by atoms with Crippen LogP contribution in [0, 0.1) is 10.1 Å². The van der Waals surface area contributed by atoms with Crippen LogP contribution >= 0.6 is 27.3 Å². The quantitative estimate of drug-likeness (QED) is 0.653. The van der Waals surface area contributed by atoms with Crippen LogP contribution in [-0.4, -0.2) is 9.91 Å². The van der Waals surface area contributed by atoms with Gasteiger partial charge in [-0.3, -0.25) is 10.1 Å². The number of thiazole rings is 1. The third-order valence-corrected chi connectivity index (χ3v) is 4.96. The number of nitro groups is 1. The molecule has 0 atom stereocenters. The van der Waals surface area contributed by atoms with Crippen LogP contribution < -0.4 is 5.32 Å². The van der Waals surface area contributed by atoms with E-state index < -0.39 is 0 Å². The number of hydrogen-bond donors (Lipinski definition) is 1. The van der Waals surface area contributed by atoms with Gasteiger partial charge in [-0.2, -0.15) is 0 Å². The van der Waals surface area contributed by atoms with Crippen molar-refractivity contribution in [2.45, 2.75) is 25.9 Å². The smallest absolute Gasteiger partial charge is 0.283 e. The first-order valence-electron chi connectivity index (χ1n) is 5.98. The second kappa shape index (κ2) is 5.99. The second-order valence-electron chi connectivity index (χ2n) is 4.82. The molecule has 0 saturated carbocycles. The molecule has 2 rings (SSSR count). The highest BCUT2D eigenvalue weighted by molar-refractivity contribution is 9.10. The SMILES string of the molecule is CC(C)(NCc1cccc([N+](=O)[O-])c1Br)c1nccs1. The molecule has 5 nitrogen and oxygen atoms in total. The number of nitrogens with zero attached hydrogens (tertiary/aromatic N) is 2. The predicted octanol–water partition coefficient (Wildman–Crippen LogP) is 3.84. The van der Waals surface area contributed by atoms with Crippen molar-refractivity contribution >= 4 is 33.0 Å². The molecule has 1 aromatic carbocycles. The zero-order chi connectivity index (χ0) is 14.8. The van der Waals surface area contributed by atoms with E-state index in [1.54, 1.807) is 23.6 Å². The molecule has 0 fully saturated rings. The monoisotopic (exact) mass is 355 g/mol. The Hall–Kier alpha value is -1.31. The van der Waals surface area contributed by atoms with Crippen molar-refractivity contribution in [1.29, 1.82) is 0 Å². The number of hydrogen-bond acceptors (Lipinski definition) is 5. The van der Waals surface area contributed by atoms with Gasteiger partial charge < -0.3 is 5.32 Å². The molecule has 0 saturated heterocycles. The molecule has 0 unspecified atom stereocenters. The minimum atomic E-state index is -0.389. The third kappa shape index (κ3) is 3.23. The van der Waals surface area contributed by atoms with E-state index in [9.17, 15) is 10.1 Å². The van der Waals surface area contributed by atoms with Crippen molar-refractivity contribution in [1.82, 2.24) is 10.3 Å². The van der Waals surface area contributed by atoms with Crippen LogP contribution in [-0.2, 0) is 12.1 Å². The van der Waals surface area contributed by atoms with Gasteiger partial charge in [-0.15, -0.1) is 11.3 Å². The van der Waals surface area contributed by atoms with Crippen LogP contribution in [0.2, 0.25) is 0 Å². The van der Waals surface area contributed by atoms with Crippen LogP contribution in [0.1, 0.15) is 24.4 Å². The molecule has 1 aromatic heterocycles. The van der Waals surface area contributed by atoms with Gasteiger partial charge in [0.15, 0.2) is 0 Å². The zero-order valence-electron chi connectivity index (χ0n) is 11.1. The lowest BCUT2D eigenvalue weighted by Gasteiger charge is -2.24. The Balaban J connectivity index is 2.16. The Morgan fingerprint density at radius 2 is 2.25 bits per heavy atom. The van der Waals surface area contributed by atoms with E-state index in [1.165, 1.54) is 6.07 Å². The molecule has 20 heavy (non-hydrogen) atoms. The number of halogens is 1. The van der Waals surface area contributed by atoms with Crippen LogP contribution in [0.25, 0.3) is 0 Å². The van der Waals surface area contributed by atoms with Crippen molar-refractivity contribution < 1.29 is 4.92 Å². The predicted molar refractivity (Wildman–Crippen MR) is 82.8 cm³/mol. The highest BCUT2D eigenvalue weighted by atomic mass is 79.9. The van der Waals surface area contributed by atoms with Gasteiger partial charge in [0.05, 0.1) is 14.9 Å². The number of benzene rings is 1. The maximum Gasteiger partial charge on any atom is 0.283 e. The fraction of sp³-hybridized carbons (Fsp3) is 0.308. The van der Waals surface area contributed by atoms with Crippen molar-refractivity contribution in [2.24, 2.45) is 0 Å². The third-order valence-electron chi connectivity index (χ3n) is 2.94. The molecule has 1 N–H and O–H groups in total. The maximum absolute atomic E-state index is 10.9. The van der Waals surface area contributed by atoms with Gasteiger partial charge in [-0.1, -0.05) is 12.1 Å². The Kier molecular flexibility index (Phi) is 4.52. The fourth-order valence-corrected chi connectivity index (χ4v) is 3.06. The van der Waals surface area contributed by atoms with Crippen LogP contribution in [0.3, 0.4) is 0 Å². The van der Waals surface area contributed by atoms with E-state index in [0.717, 1.165) is 10.6 Å². The summed E-state index contributed by atoms with van der Waals surface area (Å²) in [6.07, 6.45) is 1.77. The average Bonchev–Trinajstić information content (AvgIpc) is 2.92. The summed E-state index contributed by atoms with van der Waals surface area (Å²) in [6, 6.07) is 5.04. The highest BCUT2D eigenvalue weighted by Gasteiger charge is 2.23. The van der Waals surface area contributed by atoms with Crippen molar-refractivity contribution in [3.63, 3.8) is 0 Å². The number of rotatable bonds is 5. The summed E-state index contributed by atoms with van der Waals surface area (Å²) in [6.45, 7) is 4.60. The topological polar surface area (TPSA) is 68.1 Å². The zero-order valence-corrected chi connectivity index (χ0v) is 13.5. The average molecular weight is 356 g/mol. The summed E-state index contributed by atoms with van der Waals surface area (Å²) in [5.74, 6) is 0. The Labute approximate surface area is 129 Å². The Morgan fingerprint density at radius 3 is 2.85 bits per heavy atom. The first-order valence-corrected chi connectivity index (χ1v) is 7.66. The van der Waals surface area contributed by atoms with E-state index in [0.29, 0.717) is 11.0 Å². The Bertz CT molecular complexity index is 614. The molecule has 0 amide bonds. The second-order valence-corrected chi connectivity index (χ2v) is 6.51. The van der Waals surface area contributed by atoms with Crippen molar-refractivity contribution in [3.05, 3.63) is 54.9 Å². The van der Waals surface area contributed by atoms with E-state index in [1.807, 2.05) is 25.3 Å². The summed E-state index contributed by atoms with van der Waals surface area (Å²) < 4.78 is 0.521. The molecule has 0 radical (unpaired) electrons. The molecule has 0 bridgehead atoms. The summed E-state index contributed by atoms with van der Waals surface area (Å²) in [7, 11) is 0.